The number of methoxy groups -OCH3 is 2. The summed E-state index contributed by atoms with van der Waals surface area (Å²) in [7, 11) is 3.21. The minimum absolute atomic E-state index is 0.0916. The van der Waals surface area contributed by atoms with E-state index in [0.717, 1.165) is 12.0 Å². The predicted molar refractivity (Wildman–Crippen MR) is 94.8 cm³/mol. The number of hydrogen-bond donors (Lipinski definition) is 1. The molecule has 2 fully saturated rings. The molecule has 5 heteroatoms. The number of benzene rings is 1. The highest BCUT2D eigenvalue weighted by atomic mass is 16.5. The van der Waals surface area contributed by atoms with Gasteiger partial charge in [0.2, 0.25) is 5.91 Å². The van der Waals surface area contributed by atoms with Crippen LogP contribution in [0.4, 0.5) is 0 Å². The molecule has 3 rings (SSSR count). The molecule has 0 heterocycles. The number of hydrogen-bond acceptors (Lipinski definition) is 4. The molecule has 2 atom stereocenters. The molecule has 5 nitrogen and oxygen atoms in total. The highest BCUT2D eigenvalue weighted by Gasteiger charge is 2.64. The van der Waals surface area contributed by atoms with Crippen LogP contribution >= 0.6 is 0 Å². The zero-order chi connectivity index (χ0) is 18.2. The first-order valence-corrected chi connectivity index (χ1v) is 8.89. The summed E-state index contributed by atoms with van der Waals surface area (Å²) in [5, 5.41) is 2.99. The minimum atomic E-state index is -0.786. The van der Waals surface area contributed by atoms with Crippen LogP contribution in [-0.4, -0.2) is 32.5 Å². The van der Waals surface area contributed by atoms with Crippen LogP contribution in [0.3, 0.4) is 0 Å². The van der Waals surface area contributed by atoms with Gasteiger partial charge in [-0.2, -0.15) is 0 Å². The van der Waals surface area contributed by atoms with Gasteiger partial charge >= 0.3 is 0 Å². The van der Waals surface area contributed by atoms with Gasteiger partial charge < -0.3 is 14.8 Å². The molecule has 2 aliphatic rings. The van der Waals surface area contributed by atoms with Crippen molar-refractivity contribution in [1.29, 1.82) is 0 Å². The van der Waals surface area contributed by atoms with Gasteiger partial charge in [-0.15, -0.1) is 0 Å². The topological polar surface area (TPSA) is 64.6 Å². The molecule has 136 valence electrons. The van der Waals surface area contributed by atoms with Crippen LogP contribution in [0.2, 0.25) is 0 Å². The molecule has 1 aromatic rings. The number of Topliss-reactive ketones (excluding diaryl/α,β-unsaturated/α-hetero) is 1. The molecule has 0 aliphatic heterocycles. The van der Waals surface area contributed by atoms with E-state index in [1.165, 1.54) is 0 Å². The maximum absolute atomic E-state index is 12.8. The van der Waals surface area contributed by atoms with E-state index in [0.29, 0.717) is 43.2 Å². The fraction of sp³-hybridized carbons (Fsp3) is 0.600. The third-order valence-corrected chi connectivity index (χ3v) is 6.14. The van der Waals surface area contributed by atoms with Crippen LogP contribution in [0.1, 0.15) is 38.7 Å². The van der Waals surface area contributed by atoms with E-state index in [4.69, 9.17) is 9.47 Å². The molecule has 25 heavy (non-hydrogen) atoms. The van der Waals surface area contributed by atoms with E-state index in [1.54, 1.807) is 14.2 Å². The fourth-order valence-corrected chi connectivity index (χ4v) is 4.50. The Balaban J connectivity index is 1.61. The molecule has 1 N–H and O–H groups in total. The third kappa shape index (κ3) is 2.79. The number of carbonyl (C=O) groups excluding carboxylic acids is 2. The minimum Gasteiger partial charge on any atom is -0.493 e. The van der Waals surface area contributed by atoms with E-state index in [9.17, 15) is 9.59 Å². The zero-order valence-electron chi connectivity index (χ0n) is 15.5. The molecular weight excluding hydrogens is 318 g/mol. The van der Waals surface area contributed by atoms with Crippen molar-refractivity contribution in [1.82, 2.24) is 5.32 Å². The van der Waals surface area contributed by atoms with Crippen molar-refractivity contribution in [2.24, 2.45) is 16.7 Å². The zero-order valence-corrected chi connectivity index (χ0v) is 15.5. The van der Waals surface area contributed by atoms with Crippen LogP contribution in [-0.2, 0) is 16.0 Å². The summed E-state index contributed by atoms with van der Waals surface area (Å²) < 4.78 is 10.5. The number of rotatable bonds is 6. The Morgan fingerprint density at radius 2 is 1.96 bits per heavy atom. The lowest BCUT2D eigenvalue weighted by Gasteiger charge is -2.32. The van der Waals surface area contributed by atoms with Crippen molar-refractivity contribution in [3.8, 4) is 11.5 Å². The Labute approximate surface area is 149 Å². The Hall–Kier alpha value is -2.04. The van der Waals surface area contributed by atoms with Gasteiger partial charge in [-0.3, -0.25) is 9.59 Å². The number of ketones is 1. The Morgan fingerprint density at radius 3 is 2.56 bits per heavy atom. The van der Waals surface area contributed by atoms with Gasteiger partial charge in [0, 0.05) is 12.0 Å². The first-order valence-electron chi connectivity index (χ1n) is 8.89. The van der Waals surface area contributed by atoms with Crippen molar-refractivity contribution in [3.63, 3.8) is 0 Å². The van der Waals surface area contributed by atoms with Gasteiger partial charge in [0.25, 0.3) is 0 Å². The second-order valence-electron chi connectivity index (χ2n) is 7.77. The van der Waals surface area contributed by atoms with Crippen LogP contribution < -0.4 is 14.8 Å². The molecule has 1 aromatic carbocycles. The molecule has 1 amide bonds. The third-order valence-electron chi connectivity index (χ3n) is 6.14. The quantitative estimate of drug-likeness (QED) is 0.805. The van der Waals surface area contributed by atoms with Crippen molar-refractivity contribution in [3.05, 3.63) is 23.8 Å². The monoisotopic (exact) mass is 345 g/mol. The maximum Gasteiger partial charge on any atom is 0.233 e. The Kier molecular flexibility index (Phi) is 4.52. The summed E-state index contributed by atoms with van der Waals surface area (Å²) in [5.74, 6) is 1.74. The fourth-order valence-electron chi connectivity index (χ4n) is 4.50. The van der Waals surface area contributed by atoms with E-state index in [-0.39, 0.29) is 17.1 Å². The number of nitrogens with one attached hydrogen (secondary N) is 1. The van der Waals surface area contributed by atoms with Crippen LogP contribution in [0.5, 0.6) is 11.5 Å². The Morgan fingerprint density at radius 1 is 1.24 bits per heavy atom. The molecule has 2 aliphatic carbocycles. The summed E-state index contributed by atoms with van der Waals surface area (Å²) in [6.07, 6.45) is 3.06. The van der Waals surface area contributed by atoms with E-state index in [2.05, 4.69) is 5.32 Å². The van der Waals surface area contributed by atoms with Gasteiger partial charge in [0.05, 0.1) is 14.2 Å². The summed E-state index contributed by atoms with van der Waals surface area (Å²) >= 11 is 0. The summed E-state index contributed by atoms with van der Waals surface area (Å²) in [6, 6.07) is 5.74. The normalized spacial score (nSPS) is 26.6. The molecule has 0 radical (unpaired) electrons. The summed E-state index contributed by atoms with van der Waals surface area (Å²) in [4.78, 5) is 25.5. The molecule has 0 spiro atoms. The second-order valence-corrected chi connectivity index (χ2v) is 7.77. The highest BCUT2D eigenvalue weighted by Crippen LogP contribution is 2.60. The number of amides is 1. The standard InChI is InChI=1S/C20H27NO4/c1-19(2)14-7-9-20(12-14,17(19)22)18(23)21-10-8-13-5-6-15(24-3)16(11-13)25-4/h5-6,11,14H,7-10,12H2,1-4H3,(H,21,23). The van der Waals surface area contributed by atoms with E-state index < -0.39 is 5.41 Å². The first-order chi connectivity index (χ1) is 11.8. The molecule has 2 unspecified atom stereocenters. The lowest BCUT2D eigenvalue weighted by Crippen LogP contribution is -2.47. The molecule has 2 saturated carbocycles. The van der Waals surface area contributed by atoms with Crippen LogP contribution in [0.15, 0.2) is 18.2 Å². The largest absolute Gasteiger partial charge is 0.493 e. The van der Waals surface area contributed by atoms with Gasteiger partial charge in [0.15, 0.2) is 17.3 Å². The van der Waals surface area contributed by atoms with Crippen molar-refractivity contribution in [2.45, 2.75) is 39.5 Å². The average Bonchev–Trinajstić information content (AvgIpc) is 3.14. The SMILES string of the molecule is COc1ccc(CCNC(=O)C23CCC(C2)C(C)(C)C3=O)cc1OC. The van der Waals surface area contributed by atoms with Gasteiger partial charge in [-0.1, -0.05) is 19.9 Å². The molecular formula is C20H27NO4. The van der Waals surface area contributed by atoms with Gasteiger partial charge in [-0.25, -0.2) is 0 Å². The number of ether oxygens (including phenoxy) is 2. The van der Waals surface area contributed by atoms with Crippen molar-refractivity contribution >= 4 is 11.7 Å². The lowest BCUT2D eigenvalue weighted by molar-refractivity contribution is -0.145. The molecule has 0 aromatic heterocycles. The molecule has 2 bridgehead atoms. The van der Waals surface area contributed by atoms with Gasteiger partial charge in [0.1, 0.15) is 5.41 Å². The van der Waals surface area contributed by atoms with Crippen LogP contribution in [0.25, 0.3) is 0 Å². The summed E-state index contributed by atoms with van der Waals surface area (Å²) in [6.45, 7) is 4.48. The van der Waals surface area contributed by atoms with Gasteiger partial charge in [-0.05, 0) is 49.3 Å². The van der Waals surface area contributed by atoms with E-state index >= 15 is 0 Å². The molecule has 0 saturated heterocycles. The summed E-state index contributed by atoms with van der Waals surface area (Å²) in [5.41, 5.74) is -0.0946. The first kappa shape index (κ1) is 17.8. The predicted octanol–water partition coefficient (Wildman–Crippen LogP) is 2.76. The lowest BCUT2D eigenvalue weighted by atomic mass is 9.70. The van der Waals surface area contributed by atoms with Crippen molar-refractivity contribution < 1.29 is 19.1 Å². The van der Waals surface area contributed by atoms with E-state index in [1.807, 2.05) is 32.0 Å². The van der Waals surface area contributed by atoms with Crippen LogP contribution in [0, 0.1) is 16.7 Å². The maximum atomic E-state index is 12.8. The Bertz CT molecular complexity index is 697. The number of carbonyl (C=O) groups is 2. The smallest absolute Gasteiger partial charge is 0.233 e. The van der Waals surface area contributed by atoms with Crippen molar-refractivity contribution in [2.75, 3.05) is 20.8 Å². The highest BCUT2D eigenvalue weighted by molar-refractivity contribution is 6.10. The number of fused-ring (bicyclic) bond motifs is 2. The average molecular weight is 345 g/mol. The second kappa shape index (κ2) is 6.36.